The van der Waals surface area contributed by atoms with Gasteiger partial charge in [0.25, 0.3) is 0 Å². The molecule has 0 saturated carbocycles. The Bertz CT molecular complexity index is 650. The highest BCUT2D eigenvalue weighted by Crippen LogP contribution is 2.31. The van der Waals surface area contributed by atoms with Gasteiger partial charge >= 0.3 is 5.97 Å². The van der Waals surface area contributed by atoms with Crippen LogP contribution in [0.25, 0.3) is 10.9 Å². The number of rotatable bonds is 4. The fraction of sp³-hybridized carbons (Fsp3) is 0.375. The number of pyridine rings is 1. The van der Waals surface area contributed by atoms with Gasteiger partial charge in [0.05, 0.1) is 5.52 Å². The van der Waals surface area contributed by atoms with Gasteiger partial charge in [0.1, 0.15) is 0 Å². The highest BCUT2D eigenvalue weighted by molar-refractivity contribution is 5.97. The average Bonchev–Trinajstić information content (AvgIpc) is 2.45. The van der Waals surface area contributed by atoms with Crippen molar-refractivity contribution >= 4 is 22.6 Å². The minimum atomic E-state index is -1.00. The highest BCUT2D eigenvalue weighted by Gasteiger charge is 2.24. The minimum absolute atomic E-state index is 0.0557. The Labute approximate surface area is 119 Å². The van der Waals surface area contributed by atoms with Crippen molar-refractivity contribution in [3.8, 4) is 0 Å². The smallest absolute Gasteiger partial charge is 0.354 e. The number of aromatic nitrogens is 1. The van der Waals surface area contributed by atoms with E-state index in [4.69, 9.17) is 0 Å². The first-order valence-corrected chi connectivity index (χ1v) is 6.73. The molecule has 0 spiro atoms. The molecular weight excluding hydrogens is 252 g/mol. The number of fused-ring (bicyclic) bond motifs is 1. The van der Waals surface area contributed by atoms with Gasteiger partial charge in [-0.1, -0.05) is 25.1 Å². The Hall–Kier alpha value is -2.10. The summed E-state index contributed by atoms with van der Waals surface area (Å²) in [6.45, 7) is 6.41. The molecule has 0 aliphatic carbocycles. The molecule has 0 aliphatic heterocycles. The fourth-order valence-corrected chi connectivity index (χ4v) is 2.11. The predicted octanol–water partition coefficient (Wildman–Crippen LogP) is 3.56. The van der Waals surface area contributed by atoms with E-state index >= 15 is 0 Å². The number of benzene rings is 1. The quantitative estimate of drug-likeness (QED) is 0.924. The van der Waals surface area contributed by atoms with E-state index in [0.29, 0.717) is 5.52 Å². The number of carbonyl (C=O) groups is 1. The molecule has 0 saturated heterocycles. The normalized spacial score (nSPS) is 11.6. The van der Waals surface area contributed by atoms with Crippen molar-refractivity contribution in [2.45, 2.75) is 32.7 Å². The van der Waals surface area contributed by atoms with Gasteiger partial charge in [-0.15, -0.1) is 0 Å². The molecule has 1 aromatic heterocycles. The molecule has 0 bridgehead atoms. The number of hydrogen-bond acceptors (Lipinski definition) is 3. The second-order valence-corrected chi connectivity index (χ2v) is 5.57. The summed E-state index contributed by atoms with van der Waals surface area (Å²) in [5, 5.41) is 10.2. The maximum atomic E-state index is 11.3. The SMILES string of the molecule is CCC(C)(C)N(C)c1cc(C(=O)O)nc2ccccc12. The molecule has 20 heavy (non-hydrogen) atoms. The lowest BCUT2D eigenvalue weighted by Gasteiger charge is -2.37. The van der Waals surface area contributed by atoms with Gasteiger partial charge in [0.15, 0.2) is 5.69 Å². The largest absolute Gasteiger partial charge is 0.477 e. The van der Waals surface area contributed by atoms with Crippen LogP contribution in [0.15, 0.2) is 30.3 Å². The maximum absolute atomic E-state index is 11.3. The molecule has 0 fully saturated rings. The lowest BCUT2D eigenvalue weighted by atomic mass is 9.98. The Kier molecular flexibility index (Phi) is 3.66. The Morgan fingerprint density at radius 2 is 2.00 bits per heavy atom. The molecule has 0 aliphatic rings. The molecular formula is C16H20N2O2. The summed E-state index contributed by atoms with van der Waals surface area (Å²) in [5.41, 5.74) is 1.64. The predicted molar refractivity (Wildman–Crippen MR) is 81.5 cm³/mol. The molecule has 0 unspecified atom stereocenters. The Morgan fingerprint density at radius 1 is 1.35 bits per heavy atom. The molecule has 4 heteroatoms. The number of carboxylic acids is 1. The number of hydrogen-bond donors (Lipinski definition) is 1. The third kappa shape index (κ3) is 2.46. The van der Waals surface area contributed by atoms with Crippen LogP contribution in [0.1, 0.15) is 37.7 Å². The lowest BCUT2D eigenvalue weighted by Crippen LogP contribution is -2.40. The number of nitrogens with zero attached hydrogens (tertiary/aromatic N) is 2. The van der Waals surface area contributed by atoms with Crippen LogP contribution in [0.5, 0.6) is 0 Å². The maximum Gasteiger partial charge on any atom is 0.354 e. The average molecular weight is 272 g/mol. The zero-order chi connectivity index (χ0) is 14.9. The van der Waals surface area contributed by atoms with Crippen LogP contribution in [0.2, 0.25) is 0 Å². The summed E-state index contributed by atoms with van der Waals surface area (Å²) < 4.78 is 0. The highest BCUT2D eigenvalue weighted by atomic mass is 16.4. The van der Waals surface area contributed by atoms with E-state index < -0.39 is 5.97 Å². The van der Waals surface area contributed by atoms with Crippen molar-refractivity contribution in [2.24, 2.45) is 0 Å². The molecule has 4 nitrogen and oxygen atoms in total. The van der Waals surface area contributed by atoms with Crippen molar-refractivity contribution < 1.29 is 9.90 Å². The van der Waals surface area contributed by atoms with Crippen LogP contribution in [-0.4, -0.2) is 28.6 Å². The van der Waals surface area contributed by atoms with Crippen LogP contribution >= 0.6 is 0 Å². The van der Waals surface area contributed by atoms with E-state index in [0.717, 1.165) is 17.5 Å². The molecule has 0 radical (unpaired) electrons. The standard InChI is InChI=1S/C16H20N2O2/c1-5-16(2,3)18(4)14-10-13(15(19)20)17-12-9-7-6-8-11(12)14/h6-10H,5H2,1-4H3,(H,19,20). The van der Waals surface area contributed by atoms with Gasteiger partial charge in [0, 0.05) is 23.7 Å². The molecule has 106 valence electrons. The first kappa shape index (κ1) is 14.3. The summed E-state index contributed by atoms with van der Waals surface area (Å²) in [7, 11) is 2.00. The van der Waals surface area contributed by atoms with Gasteiger partial charge in [-0.2, -0.15) is 0 Å². The second-order valence-electron chi connectivity index (χ2n) is 5.57. The first-order valence-electron chi connectivity index (χ1n) is 6.73. The van der Waals surface area contributed by atoms with Crippen molar-refractivity contribution in [3.63, 3.8) is 0 Å². The Balaban J connectivity index is 2.70. The number of anilines is 1. The molecule has 2 aromatic rings. The van der Waals surface area contributed by atoms with Crippen LogP contribution in [0.3, 0.4) is 0 Å². The third-order valence-corrected chi connectivity index (χ3v) is 4.05. The van der Waals surface area contributed by atoms with Crippen LogP contribution in [0, 0.1) is 0 Å². The third-order valence-electron chi connectivity index (χ3n) is 4.05. The summed E-state index contributed by atoms with van der Waals surface area (Å²) in [5.74, 6) is -1.00. The van der Waals surface area contributed by atoms with Gasteiger partial charge in [-0.25, -0.2) is 9.78 Å². The fourth-order valence-electron chi connectivity index (χ4n) is 2.11. The van der Waals surface area contributed by atoms with Gasteiger partial charge in [-0.05, 0) is 32.4 Å². The van der Waals surface area contributed by atoms with E-state index in [1.165, 1.54) is 0 Å². The van der Waals surface area contributed by atoms with E-state index in [2.05, 4.69) is 30.7 Å². The summed E-state index contributed by atoms with van der Waals surface area (Å²) in [4.78, 5) is 17.6. The number of para-hydroxylation sites is 1. The van der Waals surface area contributed by atoms with Crippen LogP contribution < -0.4 is 4.90 Å². The Morgan fingerprint density at radius 3 is 2.60 bits per heavy atom. The van der Waals surface area contributed by atoms with Crippen molar-refractivity contribution in [3.05, 3.63) is 36.0 Å². The molecule has 1 N–H and O–H groups in total. The molecule has 1 heterocycles. The summed E-state index contributed by atoms with van der Waals surface area (Å²) in [6, 6.07) is 9.29. The van der Waals surface area contributed by atoms with E-state index in [1.807, 2.05) is 31.3 Å². The van der Waals surface area contributed by atoms with Crippen molar-refractivity contribution in [1.82, 2.24) is 4.98 Å². The van der Waals surface area contributed by atoms with E-state index in [-0.39, 0.29) is 11.2 Å². The molecule has 0 amide bonds. The minimum Gasteiger partial charge on any atom is -0.477 e. The number of carboxylic acid groups (broad SMARTS) is 1. The van der Waals surface area contributed by atoms with Crippen LogP contribution in [0.4, 0.5) is 5.69 Å². The molecule has 2 rings (SSSR count). The second kappa shape index (κ2) is 5.12. The van der Waals surface area contributed by atoms with Crippen molar-refractivity contribution in [2.75, 3.05) is 11.9 Å². The van der Waals surface area contributed by atoms with E-state index in [9.17, 15) is 9.90 Å². The van der Waals surface area contributed by atoms with E-state index in [1.54, 1.807) is 6.07 Å². The summed E-state index contributed by atoms with van der Waals surface area (Å²) >= 11 is 0. The molecule has 1 aromatic carbocycles. The van der Waals surface area contributed by atoms with Gasteiger partial charge in [0.2, 0.25) is 0 Å². The van der Waals surface area contributed by atoms with Gasteiger partial charge in [-0.3, -0.25) is 0 Å². The summed E-state index contributed by atoms with van der Waals surface area (Å²) in [6.07, 6.45) is 0.961. The van der Waals surface area contributed by atoms with Crippen LogP contribution in [-0.2, 0) is 0 Å². The zero-order valence-electron chi connectivity index (χ0n) is 12.3. The van der Waals surface area contributed by atoms with Crippen molar-refractivity contribution in [1.29, 1.82) is 0 Å². The zero-order valence-corrected chi connectivity index (χ0v) is 12.3. The number of aromatic carboxylic acids is 1. The van der Waals surface area contributed by atoms with Gasteiger partial charge < -0.3 is 10.0 Å². The first-order chi connectivity index (χ1) is 9.36. The monoisotopic (exact) mass is 272 g/mol. The lowest BCUT2D eigenvalue weighted by molar-refractivity contribution is 0.0691. The topological polar surface area (TPSA) is 53.4 Å². The molecule has 0 atom stereocenters.